The standard InChI is InChI=1S/C21H17F4N3O4S/c1-26-17-5-3-13(8-16(17)22)7-15-10-28(11-20(15,30)12-29)33(31,32)19-6-4-14(21(23,24)25)9-18(19)27-2/h3-6,8-9,15,29-30H,7,10-12H2/t15-,20+/m0/s1. The molecule has 2 aromatic carbocycles. The highest BCUT2D eigenvalue weighted by Crippen LogP contribution is 2.39. The van der Waals surface area contributed by atoms with Crippen LogP contribution in [0.2, 0.25) is 0 Å². The van der Waals surface area contributed by atoms with Gasteiger partial charge in [0.1, 0.15) is 11.4 Å². The number of aliphatic hydroxyl groups is 2. The van der Waals surface area contributed by atoms with Crippen molar-refractivity contribution in [3.8, 4) is 0 Å². The number of benzene rings is 2. The minimum Gasteiger partial charge on any atom is -0.393 e. The van der Waals surface area contributed by atoms with Gasteiger partial charge in [0.2, 0.25) is 21.4 Å². The van der Waals surface area contributed by atoms with E-state index in [0.717, 1.165) is 10.4 Å². The number of alkyl halides is 3. The molecule has 0 unspecified atom stereocenters. The summed E-state index contributed by atoms with van der Waals surface area (Å²) in [7, 11) is -4.50. The van der Waals surface area contributed by atoms with Crippen LogP contribution in [0.15, 0.2) is 41.3 Å². The second kappa shape index (κ2) is 8.72. The van der Waals surface area contributed by atoms with Crippen molar-refractivity contribution in [2.24, 2.45) is 5.92 Å². The van der Waals surface area contributed by atoms with Gasteiger partial charge in [-0.3, -0.25) is 0 Å². The summed E-state index contributed by atoms with van der Waals surface area (Å²) in [5, 5.41) is 20.6. The molecule has 2 aromatic rings. The van der Waals surface area contributed by atoms with Crippen molar-refractivity contribution in [1.29, 1.82) is 0 Å². The van der Waals surface area contributed by atoms with Crippen LogP contribution in [0.3, 0.4) is 0 Å². The lowest BCUT2D eigenvalue weighted by molar-refractivity contribution is -0.137. The van der Waals surface area contributed by atoms with Crippen LogP contribution in [0.4, 0.5) is 28.9 Å². The Morgan fingerprint density at radius 3 is 2.33 bits per heavy atom. The third-order valence-corrected chi connectivity index (χ3v) is 7.41. The van der Waals surface area contributed by atoms with E-state index in [2.05, 4.69) is 9.69 Å². The summed E-state index contributed by atoms with van der Waals surface area (Å²) in [5.41, 5.74) is -3.67. The summed E-state index contributed by atoms with van der Waals surface area (Å²) in [6.07, 6.45) is -4.81. The molecule has 3 rings (SSSR count). The predicted octanol–water partition coefficient (Wildman–Crippen LogP) is 3.53. The lowest BCUT2D eigenvalue weighted by Crippen LogP contribution is -2.43. The Balaban J connectivity index is 1.94. The molecular formula is C21H17F4N3O4S. The molecule has 174 valence electrons. The monoisotopic (exact) mass is 483 g/mol. The van der Waals surface area contributed by atoms with E-state index in [1.54, 1.807) is 0 Å². The van der Waals surface area contributed by atoms with E-state index in [1.165, 1.54) is 12.1 Å². The molecule has 1 aliphatic rings. The number of rotatable bonds is 5. The van der Waals surface area contributed by atoms with Gasteiger partial charge < -0.3 is 10.2 Å². The number of halogens is 4. The second-order valence-electron chi connectivity index (χ2n) is 7.65. The van der Waals surface area contributed by atoms with Crippen LogP contribution < -0.4 is 0 Å². The van der Waals surface area contributed by atoms with E-state index in [-0.39, 0.29) is 18.7 Å². The van der Waals surface area contributed by atoms with Crippen molar-refractivity contribution in [3.63, 3.8) is 0 Å². The van der Waals surface area contributed by atoms with Crippen LogP contribution in [-0.4, -0.2) is 48.2 Å². The maximum Gasteiger partial charge on any atom is 0.415 e. The first-order valence-electron chi connectivity index (χ1n) is 9.43. The van der Waals surface area contributed by atoms with Gasteiger partial charge in [-0.25, -0.2) is 22.5 Å². The summed E-state index contributed by atoms with van der Waals surface area (Å²) in [6.45, 7) is 12.3. The summed E-state index contributed by atoms with van der Waals surface area (Å²) in [5.74, 6) is -1.68. The summed E-state index contributed by atoms with van der Waals surface area (Å²) in [4.78, 5) is 5.27. The Labute approximate surface area is 187 Å². The fourth-order valence-electron chi connectivity index (χ4n) is 3.72. The number of nitrogens with zero attached hydrogens (tertiary/aromatic N) is 3. The highest BCUT2D eigenvalue weighted by Gasteiger charge is 2.49. The largest absolute Gasteiger partial charge is 0.415 e. The third kappa shape index (κ3) is 4.70. The molecule has 2 atom stereocenters. The van der Waals surface area contributed by atoms with Gasteiger partial charge in [0.15, 0.2) is 0 Å². The van der Waals surface area contributed by atoms with E-state index < -0.39 is 62.8 Å². The maximum atomic E-state index is 13.9. The van der Waals surface area contributed by atoms with Crippen LogP contribution >= 0.6 is 0 Å². The van der Waals surface area contributed by atoms with Crippen LogP contribution in [0, 0.1) is 24.9 Å². The highest BCUT2D eigenvalue weighted by atomic mass is 32.2. The topological polar surface area (TPSA) is 86.6 Å². The van der Waals surface area contributed by atoms with E-state index >= 15 is 0 Å². The van der Waals surface area contributed by atoms with Gasteiger partial charge in [-0.05, 0) is 24.1 Å². The second-order valence-corrected chi connectivity index (χ2v) is 9.56. The van der Waals surface area contributed by atoms with Gasteiger partial charge in [0.05, 0.1) is 24.6 Å². The molecule has 1 fully saturated rings. The molecule has 33 heavy (non-hydrogen) atoms. The lowest BCUT2D eigenvalue weighted by atomic mass is 9.86. The minimum absolute atomic E-state index is 0.0407. The Hall–Kier alpha value is -3.03. The van der Waals surface area contributed by atoms with E-state index in [0.29, 0.717) is 23.8 Å². The number of hydrogen-bond donors (Lipinski definition) is 2. The van der Waals surface area contributed by atoms with Crippen molar-refractivity contribution in [2.45, 2.75) is 23.1 Å². The summed E-state index contributed by atoms with van der Waals surface area (Å²) in [6, 6.07) is 5.44. The van der Waals surface area contributed by atoms with Crippen molar-refractivity contribution >= 4 is 21.4 Å². The summed E-state index contributed by atoms with van der Waals surface area (Å²) >= 11 is 0. The molecule has 0 saturated carbocycles. The Bertz CT molecular complexity index is 1270. The number of β-amino-alcohol motifs (C(OH)–C–C–N with tert-alkyl or cyclic N) is 1. The molecule has 0 amide bonds. The van der Waals surface area contributed by atoms with E-state index in [9.17, 15) is 36.2 Å². The van der Waals surface area contributed by atoms with Gasteiger partial charge in [-0.2, -0.15) is 17.5 Å². The van der Waals surface area contributed by atoms with Crippen LogP contribution in [0.1, 0.15) is 11.1 Å². The highest BCUT2D eigenvalue weighted by molar-refractivity contribution is 7.89. The Morgan fingerprint density at radius 1 is 1.12 bits per heavy atom. The molecule has 0 spiro atoms. The molecule has 1 saturated heterocycles. The van der Waals surface area contributed by atoms with E-state index in [4.69, 9.17) is 13.1 Å². The number of hydrogen-bond acceptors (Lipinski definition) is 4. The first kappa shape index (κ1) is 24.6. The van der Waals surface area contributed by atoms with Crippen molar-refractivity contribution in [3.05, 3.63) is 76.2 Å². The zero-order chi connectivity index (χ0) is 24.6. The number of aliphatic hydroxyl groups excluding tert-OH is 1. The quantitative estimate of drug-likeness (QED) is 0.503. The van der Waals surface area contributed by atoms with Gasteiger partial charge in [0.25, 0.3) is 0 Å². The Morgan fingerprint density at radius 2 is 1.79 bits per heavy atom. The maximum absolute atomic E-state index is 13.9. The lowest BCUT2D eigenvalue weighted by Gasteiger charge is -2.26. The van der Waals surface area contributed by atoms with Gasteiger partial charge >= 0.3 is 6.18 Å². The molecular weight excluding hydrogens is 466 g/mol. The zero-order valence-corrected chi connectivity index (χ0v) is 17.7. The first-order valence-corrected chi connectivity index (χ1v) is 10.9. The molecule has 0 bridgehead atoms. The average Bonchev–Trinajstić information content (AvgIpc) is 3.10. The van der Waals surface area contributed by atoms with Crippen LogP contribution in [0.25, 0.3) is 9.69 Å². The molecule has 1 aliphatic heterocycles. The number of sulfonamides is 1. The van der Waals surface area contributed by atoms with E-state index in [1.807, 2.05) is 0 Å². The third-order valence-electron chi connectivity index (χ3n) is 5.55. The average molecular weight is 483 g/mol. The molecule has 0 aromatic heterocycles. The summed E-state index contributed by atoms with van der Waals surface area (Å²) < 4.78 is 79.8. The smallest absolute Gasteiger partial charge is 0.393 e. The molecule has 12 heteroatoms. The van der Waals surface area contributed by atoms with Gasteiger partial charge in [-0.15, -0.1) is 0 Å². The van der Waals surface area contributed by atoms with Gasteiger partial charge in [0, 0.05) is 24.6 Å². The fraction of sp³-hybridized carbons (Fsp3) is 0.333. The van der Waals surface area contributed by atoms with Crippen LogP contribution in [-0.2, 0) is 22.6 Å². The van der Waals surface area contributed by atoms with Crippen molar-refractivity contribution in [1.82, 2.24) is 4.31 Å². The zero-order valence-electron chi connectivity index (χ0n) is 16.8. The SMILES string of the molecule is [C-]#[N+]c1ccc(C[C@H]2CN(S(=O)(=O)c3ccc(C(F)(F)F)cc3[N+]#[C-])C[C@@]2(O)CO)cc1F. The molecule has 1 heterocycles. The molecule has 0 radical (unpaired) electrons. The van der Waals surface area contributed by atoms with Crippen molar-refractivity contribution < 1.29 is 36.2 Å². The van der Waals surface area contributed by atoms with Crippen molar-refractivity contribution in [2.75, 3.05) is 19.7 Å². The molecule has 7 nitrogen and oxygen atoms in total. The predicted molar refractivity (Wildman–Crippen MR) is 108 cm³/mol. The molecule has 0 aliphatic carbocycles. The van der Waals surface area contributed by atoms with Gasteiger partial charge in [-0.1, -0.05) is 24.3 Å². The normalized spacial score (nSPS) is 21.5. The minimum atomic E-state index is -4.77. The Kier molecular flexibility index (Phi) is 6.51. The molecule has 2 N–H and O–H groups in total. The van der Waals surface area contributed by atoms with Crippen LogP contribution in [0.5, 0.6) is 0 Å². The first-order chi connectivity index (χ1) is 15.4. The fourth-order valence-corrected chi connectivity index (χ4v) is 5.38.